The average Bonchev–Trinajstić information content (AvgIpc) is 2.83. The topological polar surface area (TPSA) is 68.4 Å². The molecule has 0 amide bonds. The lowest BCUT2D eigenvalue weighted by molar-refractivity contribution is -0.141. The summed E-state index contributed by atoms with van der Waals surface area (Å²) in [6, 6.07) is 0. The Morgan fingerprint density at radius 3 is 2.46 bits per heavy atom. The lowest BCUT2D eigenvalue weighted by Gasteiger charge is -2.22. The van der Waals surface area contributed by atoms with Gasteiger partial charge in [-0.05, 0) is 39.0 Å². The Bertz CT molecular complexity index is 618. The monoisotopic (exact) mass is 355 g/mol. The molecule has 0 radical (unpaired) electrons. The fourth-order valence-corrected chi connectivity index (χ4v) is 3.27. The summed E-state index contributed by atoms with van der Waals surface area (Å²) in [6.07, 6.45) is 7.59. The smallest absolute Gasteiger partial charge is 0.321 e. The van der Waals surface area contributed by atoms with Gasteiger partial charge in [-0.1, -0.05) is 19.8 Å². The van der Waals surface area contributed by atoms with Crippen LogP contribution >= 0.6 is 11.6 Å². The third-order valence-corrected chi connectivity index (χ3v) is 4.72. The number of aryl methyl sites for hydroxylation is 1. The second-order valence-electron chi connectivity index (χ2n) is 6.24. The number of nitrogens with one attached hydrogen (secondary N) is 1. The van der Waals surface area contributed by atoms with Crippen molar-refractivity contribution in [2.45, 2.75) is 71.5 Å². The number of carbonyl (C=O) groups excluding carboxylic acids is 1. The number of hydrogen-bond acceptors (Lipinski definition) is 4. The first-order chi connectivity index (χ1) is 11.6. The third kappa shape index (κ3) is 4.76. The molecule has 1 aromatic rings. The molecule has 1 N–H and O–H groups in total. The van der Waals surface area contributed by atoms with E-state index in [2.05, 4.69) is 4.98 Å². The molecule has 0 saturated heterocycles. The molecule has 0 aliphatic heterocycles. The molecule has 134 valence electrons. The molecule has 1 aromatic heterocycles. The van der Waals surface area contributed by atoms with Crippen LogP contribution in [0.15, 0.2) is 4.79 Å². The molecule has 1 heterocycles. The summed E-state index contributed by atoms with van der Waals surface area (Å²) in [7, 11) is 0. The summed E-state index contributed by atoms with van der Waals surface area (Å²) in [6.45, 7) is 3.78. The fraction of sp³-hybridized carbons (Fsp3) is 0.667. The van der Waals surface area contributed by atoms with E-state index in [0.717, 1.165) is 43.4 Å². The van der Waals surface area contributed by atoms with Gasteiger partial charge in [-0.3, -0.25) is 9.59 Å². The van der Waals surface area contributed by atoms with Crippen LogP contribution < -0.4 is 10.3 Å². The average molecular weight is 356 g/mol. The summed E-state index contributed by atoms with van der Waals surface area (Å²) in [5, 5.41) is 0. The fourth-order valence-electron chi connectivity index (χ4n) is 3.19. The SMILES string of the molecule is CCc1c(C)[nH]c(=O)c(COC(=O)CCl)c1OC1CCCCCC1. The molecule has 5 nitrogen and oxygen atoms in total. The van der Waals surface area contributed by atoms with Gasteiger partial charge in [0.05, 0.1) is 11.7 Å². The Labute approximate surface area is 147 Å². The zero-order chi connectivity index (χ0) is 17.5. The number of ether oxygens (including phenoxy) is 2. The minimum Gasteiger partial charge on any atom is -0.489 e. The predicted molar refractivity (Wildman–Crippen MR) is 93.8 cm³/mol. The van der Waals surface area contributed by atoms with Crippen LogP contribution in [0.1, 0.15) is 62.3 Å². The maximum atomic E-state index is 12.4. The molecule has 0 aromatic carbocycles. The highest BCUT2D eigenvalue weighted by atomic mass is 35.5. The van der Waals surface area contributed by atoms with Gasteiger partial charge >= 0.3 is 5.97 Å². The van der Waals surface area contributed by atoms with Crippen LogP contribution in [-0.2, 0) is 22.6 Å². The molecule has 0 bridgehead atoms. The van der Waals surface area contributed by atoms with Gasteiger partial charge < -0.3 is 14.5 Å². The second-order valence-corrected chi connectivity index (χ2v) is 6.51. The van der Waals surface area contributed by atoms with Gasteiger partial charge in [-0.15, -0.1) is 11.6 Å². The van der Waals surface area contributed by atoms with Gasteiger partial charge in [0, 0.05) is 11.3 Å². The Hall–Kier alpha value is -1.49. The number of aromatic nitrogens is 1. The largest absolute Gasteiger partial charge is 0.489 e. The maximum absolute atomic E-state index is 12.4. The molecule has 0 spiro atoms. The second kappa shape index (κ2) is 9.11. The number of rotatable bonds is 6. The quantitative estimate of drug-likeness (QED) is 0.480. The standard InChI is InChI=1S/C18H26ClNO4/c1-3-14-12(2)20-18(22)15(11-23-16(21)10-19)17(14)24-13-8-6-4-5-7-9-13/h13H,3-11H2,1-2H3,(H,20,22). The normalized spacial score (nSPS) is 15.8. The van der Waals surface area contributed by atoms with Crippen LogP contribution in [0.25, 0.3) is 0 Å². The van der Waals surface area contributed by atoms with E-state index < -0.39 is 5.97 Å². The number of pyridine rings is 1. The van der Waals surface area contributed by atoms with Crippen molar-refractivity contribution in [1.82, 2.24) is 4.98 Å². The van der Waals surface area contributed by atoms with Gasteiger partial charge in [-0.2, -0.15) is 0 Å². The Kier molecular flexibility index (Phi) is 7.16. The van der Waals surface area contributed by atoms with Crippen molar-refractivity contribution in [3.8, 4) is 5.75 Å². The first-order valence-corrected chi connectivity index (χ1v) is 9.23. The van der Waals surface area contributed by atoms with Crippen molar-refractivity contribution in [3.05, 3.63) is 27.2 Å². The molecule has 2 rings (SSSR count). The summed E-state index contributed by atoms with van der Waals surface area (Å²) in [4.78, 5) is 26.6. The van der Waals surface area contributed by atoms with Crippen molar-refractivity contribution >= 4 is 17.6 Å². The molecule has 0 unspecified atom stereocenters. The number of hydrogen-bond donors (Lipinski definition) is 1. The van der Waals surface area contributed by atoms with E-state index in [1.807, 2.05) is 13.8 Å². The van der Waals surface area contributed by atoms with E-state index in [0.29, 0.717) is 11.3 Å². The van der Waals surface area contributed by atoms with E-state index in [-0.39, 0.29) is 24.2 Å². The van der Waals surface area contributed by atoms with Crippen LogP contribution in [0.4, 0.5) is 0 Å². The number of halogens is 1. The van der Waals surface area contributed by atoms with Gasteiger partial charge in [0.2, 0.25) is 0 Å². The molecule has 1 fully saturated rings. The zero-order valence-electron chi connectivity index (χ0n) is 14.5. The van der Waals surface area contributed by atoms with Gasteiger partial charge in [0.15, 0.2) is 0 Å². The van der Waals surface area contributed by atoms with Gasteiger partial charge in [0.25, 0.3) is 5.56 Å². The molecule has 1 aliphatic carbocycles. The summed E-state index contributed by atoms with van der Waals surface area (Å²) >= 11 is 5.46. The van der Waals surface area contributed by atoms with Crippen LogP contribution in [0.5, 0.6) is 5.75 Å². The number of alkyl halides is 1. The van der Waals surface area contributed by atoms with Crippen molar-refractivity contribution in [3.63, 3.8) is 0 Å². The lowest BCUT2D eigenvalue weighted by Crippen LogP contribution is -2.24. The van der Waals surface area contributed by atoms with Crippen LogP contribution in [0.3, 0.4) is 0 Å². The Morgan fingerprint density at radius 1 is 1.21 bits per heavy atom. The summed E-state index contributed by atoms with van der Waals surface area (Å²) in [5.74, 6) is -0.188. The van der Waals surface area contributed by atoms with E-state index >= 15 is 0 Å². The van der Waals surface area contributed by atoms with Crippen molar-refractivity contribution in [1.29, 1.82) is 0 Å². The van der Waals surface area contributed by atoms with Crippen LogP contribution in [0.2, 0.25) is 0 Å². The summed E-state index contributed by atoms with van der Waals surface area (Å²) in [5.41, 5.74) is 1.88. The van der Waals surface area contributed by atoms with Crippen LogP contribution in [-0.4, -0.2) is 22.9 Å². The van der Waals surface area contributed by atoms with E-state index in [1.54, 1.807) is 0 Å². The highest BCUT2D eigenvalue weighted by molar-refractivity contribution is 6.26. The molecule has 24 heavy (non-hydrogen) atoms. The molecular formula is C18H26ClNO4. The zero-order valence-corrected chi connectivity index (χ0v) is 15.2. The molecule has 6 heteroatoms. The van der Waals surface area contributed by atoms with E-state index in [1.165, 1.54) is 12.8 Å². The highest BCUT2D eigenvalue weighted by Crippen LogP contribution is 2.29. The van der Waals surface area contributed by atoms with Crippen molar-refractivity contribution in [2.24, 2.45) is 0 Å². The Balaban J connectivity index is 2.33. The van der Waals surface area contributed by atoms with Crippen LogP contribution in [0, 0.1) is 6.92 Å². The molecule has 0 atom stereocenters. The van der Waals surface area contributed by atoms with E-state index in [9.17, 15) is 9.59 Å². The summed E-state index contributed by atoms with van der Waals surface area (Å²) < 4.78 is 11.4. The minimum absolute atomic E-state index is 0.112. The highest BCUT2D eigenvalue weighted by Gasteiger charge is 2.22. The lowest BCUT2D eigenvalue weighted by atomic mass is 10.1. The molecule has 1 saturated carbocycles. The van der Waals surface area contributed by atoms with Crippen molar-refractivity contribution in [2.75, 3.05) is 5.88 Å². The van der Waals surface area contributed by atoms with E-state index in [4.69, 9.17) is 21.1 Å². The maximum Gasteiger partial charge on any atom is 0.321 e. The number of esters is 1. The first-order valence-electron chi connectivity index (χ1n) is 8.69. The number of carbonyl (C=O) groups is 1. The number of H-pyrrole nitrogens is 1. The Morgan fingerprint density at radius 2 is 1.88 bits per heavy atom. The molecular weight excluding hydrogens is 330 g/mol. The third-order valence-electron chi connectivity index (χ3n) is 4.50. The van der Waals surface area contributed by atoms with Gasteiger partial charge in [0.1, 0.15) is 18.2 Å². The van der Waals surface area contributed by atoms with Gasteiger partial charge in [-0.25, -0.2) is 0 Å². The van der Waals surface area contributed by atoms with Crippen molar-refractivity contribution < 1.29 is 14.3 Å². The number of aromatic amines is 1. The molecule has 1 aliphatic rings. The predicted octanol–water partition coefficient (Wildman–Crippen LogP) is 3.63. The minimum atomic E-state index is -0.546. The first kappa shape index (κ1) is 18.8.